The summed E-state index contributed by atoms with van der Waals surface area (Å²) in [4.78, 5) is 49.5. The molecule has 2 heterocycles. The second-order valence-corrected chi connectivity index (χ2v) is 9.85. The van der Waals surface area contributed by atoms with Crippen molar-refractivity contribution in [1.29, 1.82) is 0 Å². The highest BCUT2D eigenvalue weighted by atomic mass is 35.5. The van der Waals surface area contributed by atoms with E-state index in [0.29, 0.717) is 5.39 Å². The number of halogens is 1. The molecular weight excluding hydrogens is 524 g/mol. The molecule has 1 atom stereocenters. The van der Waals surface area contributed by atoms with Crippen LogP contribution in [0.2, 0.25) is 5.02 Å². The number of nitrogens with one attached hydrogen (secondary N) is 4. The normalized spacial score (nSPS) is 12.1. The van der Waals surface area contributed by atoms with Crippen LogP contribution >= 0.6 is 11.6 Å². The summed E-state index contributed by atoms with van der Waals surface area (Å²) in [5.74, 6) is -1.03. The van der Waals surface area contributed by atoms with Gasteiger partial charge in [-0.3, -0.25) is 14.4 Å². The van der Waals surface area contributed by atoms with Gasteiger partial charge in [0.05, 0.1) is 29.0 Å². The lowest BCUT2D eigenvalue weighted by atomic mass is 10.1. The van der Waals surface area contributed by atoms with Crippen LogP contribution in [0.1, 0.15) is 46.2 Å². The Morgan fingerprint density at radius 3 is 2.54 bits per heavy atom. The third kappa shape index (κ3) is 6.96. The SMILES string of the molecule is CC(C)(O)CNc1ncc2cc(C(=O)Nc3cc(C(=O)NC(CO)c4ccccc4)ccc3Cl)c(=O)[nH]c2n1. The molecule has 0 bridgehead atoms. The summed E-state index contributed by atoms with van der Waals surface area (Å²) >= 11 is 6.26. The Balaban J connectivity index is 1.52. The van der Waals surface area contributed by atoms with Crippen molar-refractivity contribution < 1.29 is 19.8 Å². The van der Waals surface area contributed by atoms with Gasteiger partial charge in [-0.2, -0.15) is 4.98 Å². The molecule has 12 heteroatoms. The van der Waals surface area contributed by atoms with Gasteiger partial charge in [-0.1, -0.05) is 41.9 Å². The number of amides is 2. The van der Waals surface area contributed by atoms with E-state index in [-0.39, 0.29) is 46.6 Å². The summed E-state index contributed by atoms with van der Waals surface area (Å²) in [6, 6.07) is 14.0. The van der Waals surface area contributed by atoms with E-state index in [9.17, 15) is 24.6 Å². The average molecular weight is 551 g/mol. The highest BCUT2D eigenvalue weighted by Crippen LogP contribution is 2.24. The summed E-state index contributed by atoms with van der Waals surface area (Å²) in [6.07, 6.45) is 1.43. The van der Waals surface area contributed by atoms with Crippen LogP contribution < -0.4 is 21.5 Å². The molecular formula is C27H27ClN6O5. The zero-order valence-corrected chi connectivity index (χ0v) is 21.9. The predicted octanol–water partition coefficient (Wildman–Crippen LogP) is 2.87. The predicted molar refractivity (Wildman–Crippen MR) is 148 cm³/mol. The number of aromatic amines is 1. The van der Waals surface area contributed by atoms with E-state index < -0.39 is 29.0 Å². The lowest BCUT2D eigenvalue weighted by Crippen LogP contribution is -2.31. The monoisotopic (exact) mass is 550 g/mol. The third-order valence-corrected chi connectivity index (χ3v) is 6.01. The molecule has 0 saturated carbocycles. The van der Waals surface area contributed by atoms with E-state index >= 15 is 0 Å². The van der Waals surface area contributed by atoms with Crippen molar-refractivity contribution in [2.24, 2.45) is 0 Å². The quantitative estimate of drug-likeness (QED) is 0.185. The van der Waals surface area contributed by atoms with E-state index in [2.05, 4.69) is 30.9 Å². The molecule has 0 saturated heterocycles. The molecule has 11 nitrogen and oxygen atoms in total. The highest BCUT2D eigenvalue weighted by molar-refractivity contribution is 6.34. The number of aromatic nitrogens is 3. The molecule has 1 unspecified atom stereocenters. The molecule has 202 valence electrons. The number of carbonyl (C=O) groups excluding carboxylic acids is 2. The van der Waals surface area contributed by atoms with E-state index in [4.69, 9.17) is 11.6 Å². The van der Waals surface area contributed by atoms with Crippen LogP contribution in [0.4, 0.5) is 11.6 Å². The van der Waals surface area contributed by atoms with Gasteiger partial charge < -0.3 is 31.1 Å². The van der Waals surface area contributed by atoms with E-state index in [1.165, 1.54) is 30.5 Å². The summed E-state index contributed by atoms with van der Waals surface area (Å²) in [5, 5.41) is 28.4. The largest absolute Gasteiger partial charge is 0.394 e. The van der Waals surface area contributed by atoms with Crippen molar-refractivity contribution in [3.8, 4) is 0 Å². The number of nitrogens with zero attached hydrogens (tertiary/aromatic N) is 2. The van der Waals surface area contributed by atoms with Crippen molar-refractivity contribution in [1.82, 2.24) is 20.3 Å². The van der Waals surface area contributed by atoms with Crippen LogP contribution in [-0.4, -0.2) is 55.7 Å². The zero-order chi connectivity index (χ0) is 28.2. The molecule has 0 spiro atoms. The number of hydrogen-bond acceptors (Lipinski definition) is 8. The maximum atomic E-state index is 13.0. The molecule has 39 heavy (non-hydrogen) atoms. The molecule has 0 aliphatic heterocycles. The van der Waals surface area contributed by atoms with Gasteiger partial charge in [-0.05, 0) is 43.7 Å². The molecule has 2 aromatic carbocycles. The topological polar surface area (TPSA) is 169 Å². The Hall–Kier alpha value is -4.32. The first-order valence-corrected chi connectivity index (χ1v) is 12.4. The first-order valence-electron chi connectivity index (χ1n) is 12.0. The minimum absolute atomic E-state index is 0.122. The first-order chi connectivity index (χ1) is 18.5. The molecule has 0 aliphatic carbocycles. The fraction of sp³-hybridized carbons (Fsp3) is 0.222. The third-order valence-electron chi connectivity index (χ3n) is 5.68. The van der Waals surface area contributed by atoms with Gasteiger partial charge in [0.1, 0.15) is 11.2 Å². The number of aliphatic hydroxyl groups excluding tert-OH is 1. The van der Waals surface area contributed by atoms with Gasteiger partial charge in [0.15, 0.2) is 0 Å². The van der Waals surface area contributed by atoms with E-state index in [1.807, 2.05) is 6.07 Å². The maximum Gasteiger partial charge on any atom is 0.262 e. The molecule has 6 N–H and O–H groups in total. The van der Waals surface area contributed by atoms with Gasteiger partial charge in [-0.25, -0.2) is 4.98 Å². The van der Waals surface area contributed by atoms with E-state index in [0.717, 1.165) is 5.56 Å². The van der Waals surface area contributed by atoms with Crippen molar-refractivity contribution >= 4 is 46.1 Å². The van der Waals surface area contributed by atoms with Gasteiger partial charge in [0, 0.05) is 23.7 Å². The van der Waals surface area contributed by atoms with Crippen molar-refractivity contribution in [3.05, 3.63) is 92.9 Å². The first kappa shape index (κ1) is 27.7. The molecule has 0 fully saturated rings. The molecule has 2 aromatic heterocycles. The number of anilines is 2. The van der Waals surface area contributed by atoms with Crippen LogP contribution in [0.5, 0.6) is 0 Å². The Morgan fingerprint density at radius 1 is 1.10 bits per heavy atom. The summed E-state index contributed by atoms with van der Waals surface area (Å²) < 4.78 is 0. The van der Waals surface area contributed by atoms with Crippen molar-refractivity contribution in [2.75, 3.05) is 23.8 Å². The Bertz CT molecular complexity index is 1570. The molecule has 2 amide bonds. The summed E-state index contributed by atoms with van der Waals surface area (Å²) in [5.41, 5.74) is -0.638. The number of pyridine rings is 1. The second-order valence-electron chi connectivity index (χ2n) is 9.44. The zero-order valence-electron chi connectivity index (χ0n) is 21.2. The van der Waals surface area contributed by atoms with Crippen LogP contribution in [-0.2, 0) is 0 Å². The number of fused-ring (bicyclic) bond motifs is 1. The van der Waals surface area contributed by atoms with E-state index in [1.54, 1.807) is 38.1 Å². The minimum atomic E-state index is -0.991. The Kier molecular flexibility index (Phi) is 8.24. The fourth-order valence-electron chi connectivity index (χ4n) is 3.66. The van der Waals surface area contributed by atoms with Crippen LogP contribution in [0.15, 0.2) is 65.6 Å². The van der Waals surface area contributed by atoms with Crippen molar-refractivity contribution in [3.63, 3.8) is 0 Å². The fourth-order valence-corrected chi connectivity index (χ4v) is 3.82. The van der Waals surface area contributed by atoms with Crippen LogP contribution in [0.25, 0.3) is 11.0 Å². The standard InChI is InChI=1S/C27H27ClN6O5/c1-27(2,39)14-30-26-29-12-17-10-18(25(38)33-22(17)34-26)24(37)31-20-11-16(8-9-19(20)28)23(36)32-21(13-35)15-6-4-3-5-7-15/h3-12,21,35,39H,13-14H2,1-2H3,(H,31,37)(H,32,36)(H2,29,30,33,34,38). The Morgan fingerprint density at radius 2 is 1.85 bits per heavy atom. The number of carbonyl (C=O) groups is 2. The van der Waals surface area contributed by atoms with Crippen LogP contribution in [0, 0.1) is 0 Å². The molecule has 0 aliphatic rings. The molecule has 0 radical (unpaired) electrons. The second kappa shape index (κ2) is 11.6. The van der Waals surface area contributed by atoms with Crippen molar-refractivity contribution in [2.45, 2.75) is 25.5 Å². The Labute approximate surface area is 228 Å². The number of H-pyrrole nitrogens is 1. The van der Waals surface area contributed by atoms with Crippen LogP contribution in [0.3, 0.4) is 0 Å². The number of rotatable bonds is 9. The summed E-state index contributed by atoms with van der Waals surface area (Å²) in [6.45, 7) is 3.13. The van der Waals surface area contributed by atoms with Gasteiger partial charge in [0.2, 0.25) is 5.95 Å². The number of hydrogen-bond donors (Lipinski definition) is 6. The van der Waals surface area contributed by atoms with Gasteiger partial charge >= 0.3 is 0 Å². The smallest absolute Gasteiger partial charge is 0.262 e. The number of benzene rings is 2. The van der Waals surface area contributed by atoms with Gasteiger partial charge in [-0.15, -0.1) is 0 Å². The summed E-state index contributed by atoms with van der Waals surface area (Å²) in [7, 11) is 0. The number of aliphatic hydroxyl groups is 2. The maximum absolute atomic E-state index is 13.0. The highest BCUT2D eigenvalue weighted by Gasteiger charge is 2.19. The minimum Gasteiger partial charge on any atom is -0.394 e. The molecule has 4 aromatic rings. The lowest BCUT2D eigenvalue weighted by Gasteiger charge is -2.17. The lowest BCUT2D eigenvalue weighted by molar-refractivity contribution is 0.0914. The molecule has 4 rings (SSSR count). The van der Waals surface area contributed by atoms with Gasteiger partial charge in [0.25, 0.3) is 17.4 Å². The average Bonchev–Trinajstić information content (AvgIpc) is 2.91.